The first kappa shape index (κ1) is 23.4. The summed E-state index contributed by atoms with van der Waals surface area (Å²) in [5, 5.41) is 3.82. The number of nitrogens with zero attached hydrogens (tertiary/aromatic N) is 3. The maximum absolute atomic E-state index is 14.5. The normalized spacial score (nSPS) is 22.4. The van der Waals surface area contributed by atoms with Crippen LogP contribution in [0.15, 0.2) is 29.6 Å². The molecule has 2 aliphatic rings. The van der Waals surface area contributed by atoms with E-state index >= 15 is 0 Å². The lowest BCUT2D eigenvalue weighted by atomic mass is 9.97. The van der Waals surface area contributed by atoms with E-state index in [1.165, 1.54) is 17.2 Å². The van der Waals surface area contributed by atoms with Crippen molar-refractivity contribution in [2.24, 2.45) is 5.16 Å². The Labute approximate surface area is 186 Å². The summed E-state index contributed by atoms with van der Waals surface area (Å²) in [7, 11) is -3.87. The molecule has 33 heavy (non-hydrogen) atoms. The molecule has 1 aromatic carbocycles. The second-order valence-corrected chi connectivity index (χ2v) is 9.83. The Kier molecular flexibility index (Phi) is 5.81. The van der Waals surface area contributed by atoms with Crippen LogP contribution in [0.2, 0.25) is 0 Å². The van der Waals surface area contributed by atoms with Gasteiger partial charge in [0.25, 0.3) is 5.92 Å². The van der Waals surface area contributed by atoms with Crippen LogP contribution in [0.4, 0.5) is 22.0 Å². The highest BCUT2D eigenvalue weighted by atomic mass is 32.2. The van der Waals surface area contributed by atoms with E-state index in [-0.39, 0.29) is 30.1 Å². The van der Waals surface area contributed by atoms with Crippen LogP contribution in [0.3, 0.4) is 0 Å². The zero-order chi connectivity index (χ0) is 24.1. The van der Waals surface area contributed by atoms with Crippen LogP contribution in [0, 0.1) is 24.4 Å². The Morgan fingerprint density at radius 2 is 1.91 bits per heavy atom. The van der Waals surface area contributed by atoms with Crippen LogP contribution in [0.1, 0.15) is 23.8 Å². The SMILES string of the molecule is Cc1cnc([C@@H]2CC(N3C[C@@H](NS(C)(=O)=O)C(F)(F)C3)=NO2)c(-c2c(F)ccc(F)c2F)c1. The van der Waals surface area contributed by atoms with Gasteiger partial charge in [0.15, 0.2) is 17.7 Å². The van der Waals surface area contributed by atoms with Gasteiger partial charge >= 0.3 is 0 Å². The highest BCUT2D eigenvalue weighted by Crippen LogP contribution is 2.38. The van der Waals surface area contributed by atoms with Crippen molar-refractivity contribution < 1.29 is 35.2 Å². The Morgan fingerprint density at radius 1 is 1.21 bits per heavy atom. The molecule has 0 aliphatic carbocycles. The van der Waals surface area contributed by atoms with Crippen molar-refractivity contribution >= 4 is 15.9 Å². The van der Waals surface area contributed by atoms with Gasteiger partial charge < -0.3 is 9.74 Å². The molecule has 0 bridgehead atoms. The smallest absolute Gasteiger partial charge is 0.282 e. The van der Waals surface area contributed by atoms with Gasteiger partial charge in [-0.2, -0.15) is 0 Å². The zero-order valence-electron chi connectivity index (χ0n) is 17.4. The number of amidine groups is 1. The Hall–Kier alpha value is -2.80. The summed E-state index contributed by atoms with van der Waals surface area (Å²) in [6.45, 7) is 0.487. The molecule has 0 radical (unpaired) electrons. The molecule has 7 nitrogen and oxygen atoms in total. The second kappa shape index (κ2) is 8.20. The lowest BCUT2D eigenvalue weighted by molar-refractivity contribution is -0.00123. The molecule has 178 valence electrons. The van der Waals surface area contributed by atoms with E-state index in [2.05, 4.69) is 10.1 Å². The first-order chi connectivity index (χ1) is 15.4. The zero-order valence-corrected chi connectivity index (χ0v) is 18.3. The molecule has 13 heteroatoms. The van der Waals surface area contributed by atoms with Crippen LogP contribution in [0.5, 0.6) is 0 Å². The molecule has 2 atom stereocenters. The van der Waals surface area contributed by atoms with Gasteiger partial charge in [-0.1, -0.05) is 5.16 Å². The number of likely N-dealkylation sites (tertiary alicyclic amines) is 1. The van der Waals surface area contributed by atoms with Gasteiger partial charge in [0.1, 0.15) is 17.7 Å². The minimum atomic E-state index is -3.87. The Bertz CT molecular complexity index is 1240. The summed E-state index contributed by atoms with van der Waals surface area (Å²) in [6.07, 6.45) is 1.16. The number of benzene rings is 1. The number of alkyl halides is 2. The van der Waals surface area contributed by atoms with Gasteiger partial charge in [0, 0.05) is 18.3 Å². The third-order valence-corrected chi connectivity index (χ3v) is 6.08. The van der Waals surface area contributed by atoms with E-state index in [9.17, 15) is 30.4 Å². The summed E-state index contributed by atoms with van der Waals surface area (Å²) in [6, 6.07) is 1.22. The molecule has 1 fully saturated rings. The molecule has 2 aliphatic heterocycles. The first-order valence-electron chi connectivity index (χ1n) is 9.79. The molecular weight excluding hydrogens is 471 g/mol. The summed E-state index contributed by atoms with van der Waals surface area (Å²) in [5.41, 5.74) is -0.0676. The Balaban J connectivity index is 1.60. The predicted molar refractivity (Wildman–Crippen MR) is 108 cm³/mol. The standard InChI is InChI=1S/C20H19F5N4O3S/c1-10-5-11(17-12(21)3-4-13(22)18(17)23)19(26-7-10)14-6-16(27-32-14)29-8-15(20(24,25)9-29)28-33(2,30)31/h3-5,7,14-15,28H,6,8-9H2,1-2H3/t14-,15+/m0/s1. The number of pyridine rings is 1. The number of hydrogen-bond acceptors (Lipinski definition) is 6. The summed E-state index contributed by atoms with van der Waals surface area (Å²) < 4.78 is 96.1. The van der Waals surface area contributed by atoms with Gasteiger partial charge in [0.05, 0.1) is 30.5 Å². The molecule has 1 N–H and O–H groups in total. The number of halogens is 5. The molecule has 0 saturated carbocycles. The van der Waals surface area contributed by atoms with E-state index < -0.39 is 57.7 Å². The van der Waals surface area contributed by atoms with Gasteiger partial charge in [-0.3, -0.25) is 4.98 Å². The molecule has 0 spiro atoms. The van der Waals surface area contributed by atoms with E-state index in [0.29, 0.717) is 11.6 Å². The van der Waals surface area contributed by atoms with E-state index in [1.807, 2.05) is 4.72 Å². The van der Waals surface area contributed by atoms with Crippen molar-refractivity contribution in [1.82, 2.24) is 14.6 Å². The number of aryl methyl sites for hydroxylation is 1. The topological polar surface area (TPSA) is 83.9 Å². The number of nitrogens with one attached hydrogen (secondary N) is 1. The third kappa shape index (κ3) is 4.64. The van der Waals surface area contributed by atoms with E-state index in [0.717, 1.165) is 12.3 Å². The summed E-state index contributed by atoms with van der Waals surface area (Å²) in [4.78, 5) is 10.7. The van der Waals surface area contributed by atoms with Crippen LogP contribution in [-0.4, -0.2) is 55.4 Å². The summed E-state index contributed by atoms with van der Waals surface area (Å²) in [5.74, 6) is -6.89. The van der Waals surface area contributed by atoms with E-state index in [1.54, 1.807) is 6.92 Å². The molecular formula is C20H19F5N4O3S. The average Bonchev–Trinajstić information content (AvgIpc) is 3.29. The van der Waals surface area contributed by atoms with Gasteiger partial charge in [-0.25, -0.2) is 35.1 Å². The maximum Gasteiger partial charge on any atom is 0.282 e. The third-order valence-electron chi connectivity index (χ3n) is 5.36. The minimum Gasteiger partial charge on any atom is -0.384 e. The number of oxime groups is 1. The number of hydrogen-bond donors (Lipinski definition) is 1. The highest BCUT2D eigenvalue weighted by Gasteiger charge is 2.51. The number of sulfonamides is 1. The van der Waals surface area contributed by atoms with Crippen molar-refractivity contribution in [2.75, 3.05) is 19.3 Å². The van der Waals surface area contributed by atoms with Crippen molar-refractivity contribution in [3.05, 3.63) is 53.1 Å². The lowest BCUT2D eigenvalue weighted by Gasteiger charge is -2.17. The second-order valence-electron chi connectivity index (χ2n) is 8.05. The van der Waals surface area contributed by atoms with Crippen LogP contribution < -0.4 is 4.72 Å². The van der Waals surface area contributed by atoms with E-state index in [4.69, 9.17) is 4.84 Å². The highest BCUT2D eigenvalue weighted by molar-refractivity contribution is 7.88. The molecule has 0 unspecified atom stereocenters. The minimum absolute atomic E-state index is 0.0469. The monoisotopic (exact) mass is 490 g/mol. The van der Waals surface area contributed by atoms with Crippen LogP contribution in [-0.2, 0) is 14.9 Å². The number of aromatic nitrogens is 1. The van der Waals surface area contributed by atoms with Gasteiger partial charge in [0.2, 0.25) is 10.0 Å². The fraction of sp³-hybridized carbons (Fsp3) is 0.400. The first-order valence-corrected chi connectivity index (χ1v) is 11.7. The van der Waals surface area contributed by atoms with Crippen molar-refractivity contribution in [3.8, 4) is 11.1 Å². The molecule has 0 amide bonds. The fourth-order valence-corrected chi connectivity index (χ4v) is 4.63. The molecule has 3 heterocycles. The van der Waals surface area contributed by atoms with Gasteiger partial charge in [-0.15, -0.1) is 0 Å². The fourth-order valence-electron chi connectivity index (χ4n) is 3.87. The molecule has 4 rings (SSSR count). The largest absolute Gasteiger partial charge is 0.384 e. The molecule has 1 saturated heterocycles. The van der Waals surface area contributed by atoms with Crippen LogP contribution >= 0.6 is 0 Å². The van der Waals surface area contributed by atoms with Gasteiger partial charge in [-0.05, 0) is 30.7 Å². The maximum atomic E-state index is 14.5. The number of rotatable bonds is 4. The van der Waals surface area contributed by atoms with Crippen LogP contribution in [0.25, 0.3) is 11.1 Å². The summed E-state index contributed by atoms with van der Waals surface area (Å²) >= 11 is 0. The predicted octanol–water partition coefficient (Wildman–Crippen LogP) is 3.12. The average molecular weight is 490 g/mol. The van der Waals surface area contributed by atoms with Crippen molar-refractivity contribution in [2.45, 2.75) is 31.4 Å². The molecule has 2 aromatic rings. The van der Waals surface area contributed by atoms with Crippen molar-refractivity contribution in [1.29, 1.82) is 0 Å². The Morgan fingerprint density at radius 3 is 2.61 bits per heavy atom. The quantitative estimate of drug-likeness (QED) is 0.526. The van der Waals surface area contributed by atoms with Crippen molar-refractivity contribution in [3.63, 3.8) is 0 Å². The molecule has 1 aromatic heterocycles. The lowest BCUT2D eigenvalue weighted by Crippen LogP contribution is -2.46.